The standard InChI is InChI=1S/C22H22O5/c1-5-25-22(24)15(4)26-17-10-14(3)20-18(12-17)27-19(21(20)23)11-16-8-6-13(2)7-9-16/h6-12,15H,5H2,1-4H3/b19-11-. The molecule has 0 fully saturated rings. The summed E-state index contributed by atoms with van der Waals surface area (Å²) >= 11 is 0. The minimum atomic E-state index is -0.748. The minimum Gasteiger partial charge on any atom is -0.479 e. The number of aryl methyl sites for hydroxylation is 2. The summed E-state index contributed by atoms with van der Waals surface area (Å²) in [4.78, 5) is 24.5. The third-order valence-electron chi connectivity index (χ3n) is 4.25. The maximum Gasteiger partial charge on any atom is 0.347 e. The van der Waals surface area contributed by atoms with Gasteiger partial charge in [-0.05, 0) is 51.0 Å². The van der Waals surface area contributed by atoms with Crippen LogP contribution >= 0.6 is 0 Å². The third kappa shape index (κ3) is 4.03. The molecule has 0 amide bonds. The van der Waals surface area contributed by atoms with Gasteiger partial charge in [-0.1, -0.05) is 29.8 Å². The second-order valence-corrected chi connectivity index (χ2v) is 6.48. The molecule has 1 aliphatic rings. The average molecular weight is 366 g/mol. The largest absolute Gasteiger partial charge is 0.479 e. The lowest BCUT2D eigenvalue weighted by atomic mass is 10.0. The summed E-state index contributed by atoms with van der Waals surface area (Å²) < 4.78 is 16.4. The molecule has 0 bridgehead atoms. The molecule has 27 heavy (non-hydrogen) atoms. The fourth-order valence-electron chi connectivity index (χ4n) is 2.87. The minimum absolute atomic E-state index is 0.159. The van der Waals surface area contributed by atoms with E-state index in [1.807, 2.05) is 38.1 Å². The first kappa shape index (κ1) is 18.7. The molecular weight excluding hydrogens is 344 g/mol. The van der Waals surface area contributed by atoms with Crippen molar-refractivity contribution in [3.05, 3.63) is 64.4 Å². The van der Waals surface area contributed by atoms with Crippen LogP contribution < -0.4 is 9.47 Å². The topological polar surface area (TPSA) is 61.8 Å². The monoisotopic (exact) mass is 366 g/mol. The van der Waals surface area contributed by atoms with Gasteiger partial charge in [-0.2, -0.15) is 0 Å². The number of Topliss-reactive ketones (excluding diaryl/α,β-unsaturated/α-hetero) is 1. The number of hydrogen-bond acceptors (Lipinski definition) is 5. The first-order chi connectivity index (χ1) is 12.9. The summed E-state index contributed by atoms with van der Waals surface area (Å²) in [5.74, 6) is 0.564. The quantitative estimate of drug-likeness (QED) is 0.585. The Morgan fingerprint density at radius 3 is 2.56 bits per heavy atom. The van der Waals surface area contributed by atoms with Gasteiger partial charge >= 0.3 is 5.97 Å². The van der Waals surface area contributed by atoms with Crippen molar-refractivity contribution < 1.29 is 23.8 Å². The van der Waals surface area contributed by atoms with Crippen LogP contribution in [0.1, 0.15) is 40.9 Å². The Hall–Kier alpha value is -3.08. The van der Waals surface area contributed by atoms with Gasteiger partial charge in [-0.25, -0.2) is 4.79 Å². The Labute approximate surface area is 158 Å². The summed E-state index contributed by atoms with van der Waals surface area (Å²) in [7, 11) is 0. The molecule has 1 atom stereocenters. The molecule has 2 aromatic rings. The van der Waals surface area contributed by atoms with Gasteiger partial charge in [0.05, 0.1) is 12.2 Å². The van der Waals surface area contributed by atoms with E-state index >= 15 is 0 Å². The van der Waals surface area contributed by atoms with E-state index in [9.17, 15) is 9.59 Å². The van der Waals surface area contributed by atoms with Crippen molar-refractivity contribution >= 4 is 17.8 Å². The van der Waals surface area contributed by atoms with E-state index in [0.29, 0.717) is 23.7 Å². The Balaban J connectivity index is 1.84. The zero-order valence-electron chi connectivity index (χ0n) is 15.9. The van der Waals surface area contributed by atoms with E-state index < -0.39 is 12.1 Å². The number of esters is 1. The zero-order chi connectivity index (χ0) is 19.6. The van der Waals surface area contributed by atoms with Gasteiger partial charge < -0.3 is 14.2 Å². The molecule has 0 radical (unpaired) electrons. The fourth-order valence-corrected chi connectivity index (χ4v) is 2.87. The summed E-state index contributed by atoms with van der Waals surface area (Å²) in [5.41, 5.74) is 3.29. The number of rotatable bonds is 5. The highest BCUT2D eigenvalue weighted by atomic mass is 16.6. The number of ether oxygens (including phenoxy) is 3. The number of fused-ring (bicyclic) bond motifs is 1. The Bertz CT molecular complexity index is 909. The molecule has 0 aliphatic carbocycles. The highest BCUT2D eigenvalue weighted by Crippen LogP contribution is 2.37. The number of ketones is 1. The Morgan fingerprint density at radius 2 is 1.89 bits per heavy atom. The summed E-state index contributed by atoms with van der Waals surface area (Å²) in [6.07, 6.45) is 0.977. The van der Waals surface area contributed by atoms with Crippen molar-refractivity contribution in [2.75, 3.05) is 6.61 Å². The molecular formula is C22H22O5. The van der Waals surface area contributed by atoms with Crippen molar-refractivity contribution in [1.82, 2.24) is 0 Å². The second kappa shape index (κ2) is 7.66. The predicted octanol–water partition coefficient (Wildman–Crippen LogP) is 4.25. The number of hydrogen-bond donors (Lipinski definition) is 0. The molecule has 0 spiro atoms. The summed E-state index contributed by atoms with van der Waals surface area (Å²) in [5, 5.41) is 0. The average Bonchev–Trinajstić information content (AvgIpc) is 2.93. The van der Waals surface area contributed by atoms with E-state index in [2.05, 4.69) is 0 Å². The maximum absolute atomic E-state index is 12.7. The highest BCUT2D eigenvalue weighted by molar-refractivity contribution is 6.15. The molecule has 0 N–H and O–H groups in total. The smallest absolute Gasteiger partial charge is 0.347 e. The lowest BCUT2D eigenvalue weighted by Crippen LogP contribution is -2.26. The summed E-state index contributed by atoms with van der Waals surface area (Å²) in [6.45, 7) is 7.48. The molecule has 140 valence electrons. The van der Waals surface area contributed by atoms with Crippen molar-refractivity contribution in [3.63, 3.8) is 0 Å². The molecule has 1 heterocycles. The first-order valence-electron chi connectivity index (χ1n) is 8.88. The van der Waals surface area contributed by atoms with E-state index in [1.165, 1.54) is 0 Å². The van der Waals surface area contributed by atoms with Crippen LogP contribution in [-0.2, 0) is 9.53 Å². The van der Waals surface area contributed by atoms with Crippen LogP contribution in [0.4, 0.5) is 0 Å². The van der Waals surface area contributed by atoms with Crippen molar-refractivity contribution in [2.45, 2.75) is 33.8 Å². The molecule has 2 aromatic carbocycles. The highest BCUT2D eigenvalue weighted by Gasteiger charge is 2.30. The van der Waals surface area contributed by atoms with Gasteiger partial charge in [0.25, 0.3) is 0 Å². The van der Waals surface area contributed by atoms with Crippen LogP contribution in [0.15, 0.2) is 42.2 Å². The van der Waals surface area contributed by atoms with Gasteiger partial charge in [0.1, 0.15) is 11.5 Å². The van der Waals surface area contributed by atoms with E-state index in [-0.39, 0.29) is 11.5 Å². The van der Waals surface area contributed by atoms with Crippen molar-refractivity contribution in [2.24, 2.45) is 0 Å². The number of allylic oxidation sites excluding steroid dienone is 1. The normalized spacial score (nSPS) is 15.3. The van der Waals surface area contributed by atoms with Crippen molar-refractivity contribution in [3.8, 4) is 11.5 Å². The predicted molar refractivity (Wildman–Crippen MR) is 102 cm³/mol. The number of benzene rings is 2. The van der Waals surface area contributed by atoms with Crippen LogP contribution in [0.25, 0.3) is 6.08 Å². The second-order valence-electron chi connectivity index (χ2n) is 6.48. The molecule has 1 aliphatic heterocycles. The first-order valence-corrected chi connectivity index (χ1v) is 8.88. The van der Waals surface area contributed by atoms with Gasteiger partial charge in [0.15, 0.2) is 11.9 Å². The SMILES string of the molecule is CCOC(=O)C(C)Oc1cc(C)c2c(c1)O/C(=C\c1ccc(C)cc1)C2=O. The van der Waals surface area contributed by atoms with Gasteiger partial charge in [-0.3, -0.25) is 4.79 Å². The molecule has 0 aromatic heterocycles. The van der Waals surface area contributed by atoms with Gasteiger partial charge in [-0.15, -0.1) is 0 Å². The van der Waals surface area contributed by atoms with Gasteiger partial charge in [0, 0.05) is 6.07 Å². The van der Waals surface area contributed by atoms with Crippen LogP contribution in [0.5, 0.6) is 11.5 Å². The third-order valence-corrected chi connectivity index (χ3v) is 4.25. The summed E-state index contributed by atoms with van der Waals surface area (Å²) in [6, 6.07) is 11.2. The number of carbonyl (C=O) groups is 2. The Morgan fingerprint density at radius 1 is 1.19 bits per heavy atom. The van der Waals surface area contributed by atoms with E-state index in [0.717, 1.165) is 16.7 Å². The molecule has 5 nitrogen and oxygen atoms in total. The van der Waals surface area contributed by atoms with Gasteiger partial charge in [0.2, 0.25) is 5.78 Å². The van der Waals surface area contributed by atoms with Crippen LogP contribution in [-0.4, -0.2) is 24.5 Å². The van der Waals surface area contributed by atoms with Crippen LogP contribution in [0, 0.1) is 13.8 Å². The maximum atomic E-state index is 12.7. The molecule has 5 heteroatoms. The fraction of sp³-hybridized carbons (Fsp3) is 0.273. The molecule has 1 unspecified atom stereocenters. The molecule has 0 saturated carbocycles. The lowest BCUT2D eigenvalue weighted by molar-refractivity contribution is -0.150. The zero-order valence-corrected chi connectivity index (χ0v) is 15.9. The number of carbonyl (C=O) groups excluding carboxylic acids is 2. The van der Waals surface area contributed by atoms with Crippen LogP contribution in [0.3, 0.4) is 0 Å². The molecule has 0 saturated heterocycles. The molecule has 3 rings (SSSR count). The van der Waals surface area contributed by atoms with Crippen molar-refractivity contribution in [1.29, 1.82) is 0 Å². The van der Waals surface area contributed by atoms with E-state index in [1.54, 1.807) is 32.1 Å². The van der Waals surface area contributed by atoms with Crippen LogP contribution in [0.2, 0.25) is 0 Å². The van der Waals surface area contributed by atoms with E-state index in [4.69, 9.17) is 14.2 Å². The lowest BCUT2D eigenvalue weighted by Gasteiger charge is -2.14. The Kier molecular flexibility index (Phi) is 5.31.